The van der Waals surface area contributed by atoms with Gasteiger partial charge >= 0.3 is 5.97 Å². The van der Waals surface area contributed by atoms with Gasteiger partial charge in [0.05, 0.1) is 34.3 Å². The van der Waals surface area contributed by atoms with Crippen LogP contribution < -0.4 is 24.8 Å². The van der Waals surface area contributed by atoms with Crippen molar-refractivity contribution in [2.75, 3.05) is 39.8 Å². The number of nitrogens with one attached hydrogen (secondary N) is 2. The van der Waals surface area contributed by atoms with E-state index >= 15 is 0 Å². The van der Waals surface area contributed by atoms with Crippen LogP contribution in [0.1, 0.15) is 11.1 Å². The molecule has 0 saturated carbocycles. The van der Waals surface area contributed by atoms with E-state index in [1.54, 1.807) is 37.3 Å². The first-order valence-electron chi connectivity index (χ1n) is 9.55. The Labute approximate surface area is 190 Å². The number of hydrogen-bond acceptors (Lipinski definition) is 7. The van der Waals surface area contributed by atoms with E-state index < -0.39 is 24.4 Å². The Morgan fingerprint density at radius 3 is 2.22 bits per heavy atom. The predicted octanol–water partition coefficient (Wildman–Crippen LogP) is 2.51. The Hall–Kier alpha value is -3.46. The number of methoxy groups -OCH3 is 3. The normalized spacial score (nSPS) is 10.2. The van der Waals surface area contributed by atoms with Crippen molar-refractivity contribution < 1.29 is 33.3 Å². The number of halogens is 1. The van der Waals surface area contributed by atoms with Crippen LogP contribution in [0.3, 0.4) is 0 Å². The highest BCUT2D eigenvalue weighted by Crippen LogP contribution is 2.38. The number of benzene rings is 2. The van der Waals surface area contributed by atoms with Crippen LogP contribution in [0, 0.1) is 6.92 Å². The molecule has 0 atom stereocenters. The number of ether oxygens (including phenoxy) is 4. The monoisotopic (exact) mass is 464 g/mol. The van der Waals surface area contributed by atoms with Crippen LogP contribution in [0.4, 0.5) is 5.69 Å². The molecule has 2 amide bonds. The van der Waals surface area contributed by atoms with Crippen molar-refractivity contribution >= 4 is 35.1 Å². The molecule has 0 aliphatic carbocycles. The van der Waals surface area contributed by atoms with Gasteiger partial charge in [0.25, 0.3) is 5.91 Å². The van der Waals surface area contributed by atoms with Crippen LogP contribution in [0.25, 0.3) is 0 Å². The molecular weight excluding hydrogens is 440 g/mol. The maximum atomic E-state index is 12.1. The Morgan fingerprint density at radius 1 is 0.969 bits per heavy atom. The van der Waals surface area contributed by atoms with E-state index in [-0.39, 0.29) is 13.0 Å². The van der Waals surface area contributed by atoms with Crippen molar-refractivity contribution in [3.8, 4) is 17.2 Å². The zero-order valence-electron chi connectivity index (χ0n) is 18.2. The smallest absolute Gasteiger partial charge is 0.310 e. The lowest BCUT2D eigenvalue weighted by molar-refractivity contribution is -0.147. The Balaban J connectivity index is 1.82. The molecule has 2 rings (SSSR count). The summed E-state index contributed by atoms with van der Waals surface area (Å²) in [4.78, 5) is 36.1. The van der Waals surface area contributed by atoms with Crippen LogP contribution in [-0.2, 0) is 25.5 Å². The highest BCUT2D eigenvalue weighted by molar-refractivity contribution is 6.31. The van der Waals surface area contributed by atoms with Crippen LogP contribution >= 0.6 is 11.6 Å². The maximum Gasteiger partial charge on any atom is 0.310 e. The molecule has 2 aromatic carbocycles. The summed E-state index contributed by atoms with van der Waals surface area (Å²) < 4.78 is 20.7. The molecule has 0 bridgehead atoms. The van der Waals surface area contributed by atoms with Gasteiger partial charge in [0.1, 0.15) is 0 Å². The summed E-state index contributed by atoms with van der Waals surface area (Å²) in [5.74, 6) is -0.485. The standard InChI is InChI=1S/C22H25ClN2O7/c1-13-15(23)6-5-7-16(13)25-19(26)11-24-20(27)12-32-21(28)10-14-8-17(29-2)22(31-4)18(9-14)30-3/h5-9H,10-12H2,1-4H3,(H,24,27)(H,25,26). The summed E-state index contributed by atoms with van der Waals surface area (Å²) in [6.07, 6.45) is -0.113. The van der Waals surface area contributed by atoms with E-state index in [9.17, 15) is 14.4 Å². The first-order valence-corrected chi connectivity index (χ1v) is 9.93. The molecule has 0 unspecified atom stereocenters. The van der Waals surface area contributed by atoms with Gasteiger partial charge in [-0.3, -0.25) is 14.4 Å². The molecule has 0 saturated heterocycles. The summed E-state index contributed by atoms with van der Waals surface area (Å²) >= 11 is 6.01. The third-order valence-corrected chi connectivity index (χ3v) is 4.83. The second-order valence-electron chi connectivity index (χ2n) is 6.61. The molecule has 172 valence electrons. The fourth-order valence-electron chi connectivity index (χ4n) is 2.77. The third kappa shape index (κ3) is 6.78. The van der Waals surface area contributed by atoms with E-state index in [4.69, 9.17) is 30.5 Å². The average molecular weight is 465 g/mol. The molecule has 0 spiro atoms. The zero-order valence-corrected chi connectivity index (χ0v) is 19.0. The fraction of sp³-hybridized carbons (Fsp3) is 0.318. The molecule has 0 aliphatic rings. The molecular formula is C22H25ClN2O7. The van der Waals surface area contributed by atoms with Crippen LogP contribution in [0.15, 0.2) is 30.3 Å². The van der Waals surface area contributed by atoms with Crippen LogP contribution in [0.5, 0.6) is 17.2 Å². The van der Waals surface area contributed by atoms with E-state index in [0.29, 0.717) is 33.5 Å². The summed E-state index contributed by atoms with van der Waals surface area (Å²) in [6.45, 7) is 0.964. The third-order valence-electron chi connectivity index (χ3n) is 4.43. The van der Waals surface area contributed by atoms with Gasteiger partial charge in [0, 0.05) is 10.7 Å². The van der Waals surface area contributed by atoms with Crippen molar-refractivity contribution in [1.29, 1.82) is 0 Å². The van der Waals surface area contributed by atoms with Gasteiger partial charge in [-0.05, 0) is 42.3 Å². The molecule has 10 heteroatoms. The van der Waals surface area contributed by atoms with Gasteiger partial charge in [0.15, 0.2) is 18.1 Å². The molecule has 0 heterocycles. The largest absolute Gasteiger partial charge is 0.493 e. The van der Waals surface area contributed by atoms with Crippen molar-refractivity contribution in [2.24, 2.45) is 0 Å². The second-order valence-corrected chi connectivity index (χ2v) is 7.02. The molecule has 0 fully saturated rings. The first-order chi connectivity index (χ1) is 15.3. The van der Waals surface area contributed by atoms with Gasteiger partial charge in [-0.25, -0.2) is 0 Å². The summed E-state index contributed by atoms with van der Waals surface area (Å²) in [5.41, 5.74) is 1.82. The number of carbonyl (C=O) groups excluding carboxylic acids is 3. The van der Waals surface area contributed by atoms with E-state index in [1.165, 1.54) is 21.3 Å². The SMILES string of the molecule is COc1cc(CC(=O)OCC(=O)NCC(=O)Nc2cccc(Cl)c2C)cc(OC)c1OC. The molecule has 9 nitrogen and oxygen atoms in total. The van der Waals surface area contributed by atoms with Gasteiger partial charge < -0.3 is 29.6 Å². The second kappa shape index (κ2) is 11.8. The Morgan fingerprint density at radius 2 is 1.62 bits per heavy atom. The lowest BCUT2D eigenvalue weighted by Crippen LogP contribution is -2.35. The van der Waals surface area contributed by atoms with Crippen molar-refractivity contribution in [3.63, 3.8) is 0 Å². The highest BCUT2D eigenvalue weighted by atomic mass is 35.5. The van der Waals surface area contributed by atoms with E-state index in [1.807, 2.05) is 0 Å². The highest BCUT2D eigenvalue weighted by Gasteiger charge is 2.16. The number of rotatable bonds is 10. The quantitative estimate of drug-likeness (QED) is 0.519. The molecule has 2 aromatic rings. The number of carbonyl (C=O) groups is 3. The first kappa shape index (κ1) is 24.8. The van der Waals surface area contributed by atoms with Crippen molar-refractivity contribution in [1.82, 2.24) is 5.32 Å². The van der Waals surface area contributed by atoms with Crippen molar-refractivity contribution in [3.05, 3.63) is 46.5 Å². The number of esters is 1. The number of hydrogen-bond donors (Lipinski definition) is 2. The Bertz CT molecular complexity index is 969. The van der Waals surface area contributed by atoms with Gasteiger partial charge in [-0.2, -0.15) is 0 Å². The number of anilines is 1. The summed E-state index contributed by atoms with van der Waals surface area (Å²) in [6, 6.07) is 8.35. The van der Waals surface area contributed by atoms with Gasteiger partial charge in [0.2, 0.25) is 11.7 Å². The van der Waals surface area contributed by atoms with Crippen LogP contribution in [0.2, 0.25) is 5.02 Å². The lowest BCUT2D eigenvalue weighted by atomic mass is 10.1. The Kier molecular flexibility index (Phi) is 9.15. The predicted molar refractivity (Wildman–Crippen MR) is 119 cm³/mol. The molecule has 0 aromatic heterocycles. The topological polar surface area (TPSA) is 112 Å². The maximum absolute atomic E-state index is 12.1. The van der Waals surface area contributed by atoms with Gasteiger partial charge in [-0.15, -0.1) is 0 Å². The minimum absolute atomic E-state index is 0.113. The number of amides is 2. The zero-order chi connectivity index (χ0) is 23.7. The average Bonchev–Trinajstić information content (AvgIpc) is 2.78. The van der Waals surface area contributed by atoms with Gasteiger partial charge in [-0.1, -0.05) is 17.7 Å². The summed E-state index contributed by atoms with van der Waals surface area (Å²) in [5, 5.41) is 5.56. The minimum atomic E-state index is -0.631. The minimum Gasteiger partial charge on any atom is -0.493 e. The lowest BCUT2D eigenvalue weighted by Gasteiger charge is -2.14. The fourth-order valence-corrected chi connectivity index (χ4v) is 2.94. The summed E-state index contributed by atoms with van der Waals surface area (Å²) in [7, 11) is 4.41. The van der Waals surface area contributed by atoms with E-state index in [2.05, 4.69) is 10.6 Å². The van der Waals surface area contributed by atoms with Crippen LogP contribution in [-0.4, -0.2) is 52.3 Å². The molecule has 32 heavy (non-hydrogen) atoms. The molecule has 2 N–H and O–H groups in total. The van der Waals surface area contributed by atoms with E-state index in [0.717, 1.165) is 5.56 Å². The van der Waals surface area contributed by atoms with Crippen molar-refractivity contribution in [2.45, 2.75) is 13.3 Å². The molecule has 0 aliphatic heterocycles. The molecule has 0 radical (unpaired) electrons.